The van der Waals surface area contributed by atoms with Crippen LogP contribution in [-0.4, -0.2) is 39.5 Å². The maximum Gasteiger partial charge on any atom is 0.408 e. The third-order valence-corrected chi connectivity index (χ3v) is 4.37. The first-order chi connectivity index (χ1) is 9.67. The molecular weight excluding hydrogens is 312 g/mol. The van der Waals surface area contributed by atoms with Gasteiger partial charge < -0.3 is 15.2 Å². The average molecular weight is 332 g/mol. The van der Waals surface area contributed by atoms with Crippen molar-refractivity contribution in [3.63, 3.8) is 0 Å². The number of aromatic nitrogens is 1. The molecule has 1 amide bonds. The smallest absolute Gasteiger partial charge is 0.408 e. The van der Waals surface area contributed by atoms with Gasteiger partial charge in [0, 0.05) is 22.6 Å². The highest BCUT2D eigenvalue weighted by Gasteiger charge is 2.23. The number of ether oxygens (including phenoxy) is 1. The molecule has 0 fully saturated rings. The van der Waals surface area contributed by atoms with Gasteiger partial charge in [-0.1, -0.05) is 0 Å². The van der Waals surface area contributed by atoms with Crippen molar-refractivity contribution in [1.29, 1.82) is 0 Å². The van der Waals surface area contributed by atoms with Crippen LogP contribution in [0.5, 0.6) is 0 Å². The number of alkyl carbamates (subject to hydrolysis) is 1. The Morgan fingerprint density at radius 2 is 2.19 bits per heavy atom. The molecule has 0 saturated carbocycles. The van der Waals surface area contributed by atoms with Crippen LogP contribution in [0.2, 0.25) is 0 Å². The number of thioether (sulfide) groups is 1. The second-order valence-electron chi connectivity index (χ2n) is 5.40. The second-order valence-corrected chi connectivity index (χ2v) is 7.75. The molecule has 1 heterocycles. The molecule has 1 aromatic heterocycles. The van der Waals surface area contributed by atoms with Gasteiger partial charge in [-0.15, -0.1) is 11.3 Å². The van der Waals surface area contributed by atoms with Gasteiger partial charge in [0.15, 0.2) is 0 Å². The van der Waals surface area contributed by atoms with Crippen molar-refractivity contribution in [2.75, 3.05) is 5.75 Å². The number of carboxylic acid groups (broad SMARTS) is 1. The molecule has 0 bridgehead atoms. The van der Waals surface area contributed by atoms with E-state index in [1.54, 1.807) is 38.3 Å². The van der Waals surface area contributed by atoms with Crippen LogP contribution in [0.3, 0.4) is 0 Å². The summed E-state index contributed by atoms with van der Waals surface area (Å²) in [6, 6.07) is -0.973. The van der Waals surface area contributed by atoms with Gasteiger partial charge >= 0.3 is 12.1 Å². The van der Waals surface area contributed by atoms with Gasteiger partial charge in [0.1, 0.15) is 11.6 Å². The van der Waals surface area contributed by atoms with Crippen molar-refractivity contribution < 1.29 is 19.4 Å². The van der Waals surface area contributed by atoms with Crippen molar-refractivity contribution >= 4 is 35.2 Å². The Balaban J connectivity index is 2.43. The van der Waals surface area contributed by atoms with Crippen molar-refractivity contribution in [1.82, 2.24) is 10.3 Å². The summed E-state index contributed by atoms with van der Waals surface area (Å²) in [6.45, 7) is 7.10. The van der Waals surface area contributed by atoms with Crippen molar-refractivity contribution in [3.05, 3.63) is 16.1 Å². The lowest BCUT2D eigenvalue weighted by Gasteiger charge is -2.21. The van der Waals surface area contributed by atoms with Crippen LogP contribution in [0.15, 0.2) is 6.20 Å². The Labute approximate surface area is 132 Å². The molecule has 118 valence electrons. The van der Waals surface area contributed by atoms with E-state index in [1.807, 2.05) is 6.92 Å². The van der Waals surface area contributed by atoms with Gasteiger partial charge in [-0.05, 0) is 27.7 Å². The molecular formula is C13H20N2O4S2. The zero-order valence-corrected chi connectivity index (χ0v) is 14.1. The summed E-state index contributed by atoms with van der Waals surface area (Å²) in [4.78, 5) is 28.0. The van der Waals surface area contributed by atoms with E-state index in [9.17, 15) is 9.59 Å². The summed E-state index contributed by atoms with van der Waals surface area (Å²) in [5.74, 6) is -0.134. The fourth-order valence-electron chi connectivity index (χ4n) is 1.37. The number of rotatable bonds is 6. The molecule has 0 aliphatic heterocycles. The van der Waals surface area contributed by atoms with Crippen molar-refractivity contribution in [3.8, 4) is 0 Å². The van der Waals surface area contributed by atoms with Gasteiger partial charge in [0.25, 0.3) is 0 Å². The minimum absolute atomic E-state index is 0.269. The number of carboxylic acids is 1. The van der Waals surface area contributed by atoms with E-state index in [0.717, 1.165) is 9.88 Å². The van der Waals surface area contributed by atoms with Crippen LogP contribution in [-0.2, 0) is 15.3 Å². The summed E-state index contributed by atoms with van der Waals surface area (Å²) >= 11 is 3.01. The van der Waals surface area contributed by atoms with E-state index in [1.165, 1.54) is 11.8 Å². The molecule has 1 atom stereocenters. The number of carbonyl (C=O) groups is 2. The lowest BCUT2D eigenvalue weighted by molar-refractivity contribution is -0.138. The molecule has 0 saturated heterocycles. The summed E-state index contributed by atoms with van der Waals surface area (Å²) in [7, 11) is 0. The normalized spacial score (nSPS) is 12.8. The predicted molar refractivity (Wildman–Crippen MR) is 83.8 cm³/mol. The first-order valence-corrected chi connectivity index (χ1v) is 8.36. The van der Waals surface area contributed by atoms with Gasteiger partial charge in [0.2, 0.25) is 0 Å². The van der Waals surface area contributed by atoms with Crippen LogP contribution in [0, 0.1) is 6.92 Å². The van der Waals surface area contributed by atoms with Crippen molar-refractivity contribution in [2.24, 2.45) is 0 Å². The maximum absolute atomic E-state index is 11.6. The number of aryl methyl sites for hydroxylation is 1. The van der Waals surface area contributed by atoms with E-state index >= 15 is 0 Å². The molecule has 1 rings (SSSR count). The number of hydrogen-bond donors (Lipinski definition) is 2. The number of nitrogens with one attached hydrogen (secondary N) is 1. The maximum atomic E-state index is 11.6. The fraction of sp³-hybridized carbons (Fsp3) is 0.615. The lowest BCUT2D eigenvalue weighted by atomic mass is 10.2. The molecule has 0 radical (unpaired) electrons. The largest absolute Gasteiger partial charge is 0.480 e. The quantitative estimate of drug-likeness (QED) is 0.832. The molecule has 0 aromatic carbocycles. The van der Waals surface area contributed by atoms with E-state index < -0.39 is 23.7 Å². The molecule has 6 nitrogen and oxygen atoms in total. The molecule has 1 aromatic rings. The fourth-order valence-corrected chi connectivity index (χ4v) is 3.31. The minimum atomic E-state index is -1.08. The van der Waals surface area contributed by atoms with Gasteiger partial charge in [-0.3, -0.25) is 0 Å². The predicted octanol–water partition coefficient (Wildman–Crippen LogP) is 2.66. The van der Waals surface area contributed by atoms with Gasteiger partial charge in [0.05, 0.1) is 5.01 Å². The summed E-state index contributed by atoms with van der Waals surface area (Å²) < 4.78 is 5.06. The second kappa shape index (κ2) is 7.65. The number of aliphatic carboxylic acids is 1. The highest BCUT2D eigenvalue weighted by Crippen LogP contribution is 2.19. The van der Waals surface area contributed by atoms with Crippen LogP contribution >= 0.6 is 23.1 Å². The molecule has 2 N–H and O–H groups in total. The monoisotopic (exact) mass is 332 g/mol. The minimum Gasteiger partial charge on any atom is -0.480 e. The Morgan fingerprint density at radius 1 is 1.52 bits per heavy atom. The SMILES string of the molecule is Cc1ncc(CSCC(NC(=O)OC(C)(C)C)C(=O)O)s1. The highest BCUT2D eigenvalue weighted by molar-refractivity contribution is 7.98. The Kier molecular flexibility index (Phi) is 6.47. The first kappa shape index (κ1) is 17.8. The zero-order chi connectivity index (χ0) is 16.0. The first-order valence-electron chi connectivity index (χ1n) is 6.39. The third-order valence-electron chi connectivity index (χ3n) is 2.19. The van der Waals surface area contributed by atoms with Crippen LogP contribution < -0.4 is 5.32 Å². The Bertz CT molecular complexity index is 497. The van der Waals surface area contributed by atoms with Gasteiger partial charge in [-0.2, -0.15) is 11.8 Å². The molecule has 8 heteroatoms. The van der Waals surface area contributed by atoms with Gasteiger partial charge in [-0.25, -0.2) is 14.6 Å². The topological polar surface area (TPSA) is 88.5 Å². The molecule has 0 spiro atoms. The van der Waals surface area contributed by atoms with Crippen LogP contribution in [0.25, 0.3) is 0 Å². The Morgan fingerprint density at radius 3 is 2.67 bits per heavy atom. The van der Waals surface area contributed by atoms with Crippen LogP contribution in [0.1, 0.15) is 30.7 Å². The molecule has 1 unspecified atom stereocenters. The molecule has 0 aliphatic carbocycles. The number of amides is 1. The Hall–Kier alpha value is -1.28. The third kappa shape index (κ3) is 7.33. The number of nitrogens with zero attached hydrogens (tertiary/aromatic N) is 1. The molecule has 21 heavy (non-hydrogen) atoms. The highest BCUT2D eigenvalue weighted by atomic mass is 32.2. The van der Waals surface area contributed by atoms with E-state index in [2.05, 4.69) is 10.3 Å². The van der Waals surface area contributed by atoms with Crippen molar-refractivity contribution in [2.45, 2.75) is 45.1 Å². The lowest BCUT2D eigenvalue weighted by Crippen LogP contribution is -2.44. The number of hydrogen-bond acceptors (Lipinski definition) is 6. The van der Waals surface area contributed by atoms with E-state index in [-0.39, 0.29) is 5.75 Å². The summed E-state index contributed by atoms with van der Waals surface area (Å²) in [6.07, 6.45) is 1.06. The standard InChI is InChI=1S/C13H20N2O4S2/c1-8-14-5-9(21-8)6-20-7-10(11(16)17)15-12(18)19-13(2,3)4/h5,10H,6-7H2,1-4H3,(H,15,18)(H,16,17). The van der Waals surface area contributed by atoms with E-state index in [4.69, 9.17) is 9.84 Å². The number of thiazole rings is 1. The van der Waals surface area contributed by atoms with Crippen LogP contribution in [0.4, 0.5) is 4.79 Å². The van der Waals surface area contributed by atoms with E-state index in [0.29, 0.717) is 5.75 Å². The summed E-state index contributed by atoms with van der Waals surface area (Å²) in [5, 5.41) is 12.5. The number of carbonyl (C=O) groups excluding carboxylic acids is 1. The average Bonchev–Trinajstić information content (AvgIpc) is 2.71. The zero-order valence-electron chi connectivity index (χ0n) is 12.5. The molecule has 0 aliphatic rings. The summed E-state index contributed by atoms with van der Waals surface area (Å²) in [5.41, 5.74) is -0.652.